The van der Waals surface area contributed by atoms with Gasteiger partial charge in [-0.1, -0.05) is 30.1 Å². The summed E-state index contributed by atoms with van der Waals surface area (Å²) in [5.41, 5.74) is 1.02. The normalized spacial score (nSPS) is 21.1. The number of amides is 1. The van der Waals surface area contributed by atoms with E-state index in [1.807, 2.05) is 41.3 Å². The second-order valence-electron chi connectivity index (χ2n) is 8.63. The van der Waals surface area contributed by atoms with Crippen molar-refractivity contribution in [3.8, 4) is 17.3 Å². The van der Waals surface area contributed by atoms with Crippen molar-refractivity contribution in [3.63, 3.8) is 0 Å². The van der Waals surface area contributed by atoms with Gasteiger partial charge < -0.3 is 14.2 Å². The van der Waals surface area contributed by atoms with Crippen molar-refractivity contribution in [2.75, 3.05) is 20.2 Å². The molecule has 1 atom stereocenters. The predicted octanol–water partition coefficient (Wildman–Crippen LogP) is 4.11. The maximum Gasteiger partial charge on any atom is 0.276 e. The molecule has 1 saturated carbocycles. The largest absolute Gasteiger partial charge is 0.497 e. The van der Waals surface area contributed by atoms with E-state index in [0.717, 1.165) is 25.8 Å². The van der Waals surface area contributed by atoms with Crippen LogP contribution in [0.4, 0.5) is 0 Å². The standard InChI is InChI=1S/C24H26N4O3/c1-30-19-7-4-6-18(14-19)22(29)28-13-5-11-24(16-28,15-17-9-10-17)23-26-21(31-27-23)20-8-2-3-12-25-20/h2-4,6-8,12,14,17H,5,9-11,13,15-16H2,1H3. The molecule has 3 heterocycles. The molecule has 2 aromatic heterocycles. The second-order valence-corrected chi connectivity index (χ2v) is 8.63. The van der Waals surface area contributed by atoms with Gasteiger partial charge in [0.05, 0.1) is 12.5 Å². The van der Waals surface area contributed by atoms with Gasteiger partial charge >= 0.3 is 0 Å². The van der Waals surface area contributed by atoms with E-state index in [1.165, 1.54) is 12.8 Å². The summed E-state index contributed by atoms with van der Waals surface area (Å²) in [6.45, 7) is 1.33. The molecule has 0 N–H and O–H groups in total. The Hall–Kier alpha value is -3.22. The van der Waals surface area contributed by atoms with Gasteiger partial charge in [-0.25, -0.2) is 0 Å². The van der Waals surface area contributed by atoms with Crippen LogP contribution < -0.4 is 4.74 Å². The smallest absolute Gasteiger partial charge is 0.276 e. The van der Waals surface area contributed by atoms with Gasteiger partial charge in [0.15, 0.2) is 5.82 Å². The number of rotatable bonds is 6. The molecule has 160 valence electrons. The number of benzene rings is 1. The van der Waals surface area contributed by atoms with Gasteiger partial charge in [0.25, 0.3) is 11.8 Å². The lowest BCUT2D eigenvalue weighted by Gasteiger charge is -2.41. The summed E-state index contributed by atoms with van der Waals surface area (Å²) >= 11 is 0. The quantitative estimate of drug-likeness (QED) is 0.599. The molecule has 31 heavy (non-hydrogen) atoms. The minimum Gasteiger partial charge on any atom is -0.497 e. The van der Waals surface area contributed by atoms with E-state index in [1.54, 1.807) is 19.4 Å². The Balaban J connectivity index is 1.44. The first-order chi connectivity index (χ1) is 15.2. The van der Waals surface area contributed by atoms with Crippen molar-refractivity contribution in [2.45, 2.75) is 37.5 Å². The van der Waals surface area contributed by atoms with Crippen molar-refractivity contribution in [1.82, 2.24) is 20.0 Å². The third-order valence-electron chi connectivity index (χ3n) is 6.34. The van der Waals surface area contributed by atoms with Crippen LogP contribution in [0.5, 0.6) is 5.75 Å². The van der Waals surface area contributed by atoms with Crippen LogP contribution in [0.15, 0.2) is 53.2 Å². The van der Waals surface area contributed by atoms with E-state index >= 15 is 0 Å². The molecule has 1 saturated heterocycles. The average Bonchev–Trinajstić information content (AvgIpc) is 3.49. The van der Waals surface area contributed by atoms with Gasteiger partial charge in [0.1, 0.15) is 11.4 Å². The summed E-state index contributed by atoms with van der Waals surface area (Å²) < 4.78 is 10.9. The van der Waals surface area contributed by atoms with Crippen molar-refractivity contribution in [3.05, 3.63) is 60.0 Å². The fourth-order valence-electron chi connectivity index (χ4n) is 4.59. The Morgan fingerprint density at radius 3 is 2.94 bits per heavy atom. The van der Waals surface area contributed by atoms with Gasteiger partial charge in [-0.3, -0.25) is 9.78 Å². The number of hydrogen-bond acceptors (Lipinski definition) is 6. The molecular weight excluding hydrogens is 392 g/mol. The third kappa shape index (κ3) is 4.04. The van der Waals surface area contributed by atoms with Crippen molar-refractivity contribution < 1.29 is 14.1 Å². The molecule has 2 aliphatic rings. The summed E-state index contributed by atoms with van der Waals surface area (Å²) in [4.78, 5) is 24.3. The lowest BCUT2D eigenvalue weighted by molar-refractivity contribution is 0.0607. The summed E-state index contributed by atoms with van der Waals surface area (Å²) in [5, 5.41) is 4.38. The highest BCUT2D eigenvalue weighted by Crippen LogP contribution is 2.46. The maximum absolute atomic E-state index is 13.3. The minimum atomic E-state index is -0.287. The Kier molecular flexibility index (Phi) is 5.18. The first-order valence-corrected chi connectivity index (χ1v) is 10.9. The topological polar surface area (TPSA) is 81.4 Å². The Morgan fingerprint density at radius 2 is 2.16 bits per heavy atom. The van der Waals surface area contributed by atoms with E-state index in [9.17, 15) is 4.79 Å². The van der Waals surface area contributed by atoms with Crippen molar-refractivity contribution in [2.24, 2.45) is 5.92 Å². The number of nitrogens with zero attached hydrogens (tertiary/aromatic N) is 4. The number of pyridine rings is 1. The zero-order valence-electron chi connectivity index (χ0n) is 17.7. The van der Waals surface area contributed by atoms with Gasteiger partial charge in [0, 0.05) is 24.8 Å². The lowest BCUT2D eigenvalue weighted by atomic mass is 9.74. The molecule has 1 aliphatic heterocycles. The fourth-order valence-corrected chi connectivity index (χ4v) is 4.59. The van der Waals surface area contributed by atoms with Crippen molar-refractivity contribution in [1.29, 1.82) is 0 Å². The molecule has 5 rings (SSSR count). The molecule has 7 heteroatoms. The Labute approximate surface area is 181 Å². The van der Waals surface area contributed by atoms with Crippen LogP contribution in [0.2, 0.25) is 0 Å². The predicted molar refractivity (Wildman–Crippen MR) is 115 cm³/mol. The molecule has 1 aromatic carbocycles. The fraction of sp³-hybridized carbons (Fsp3) is 0.417. The molecule has 1 unspecified atom stereocenters. The van der Waals surface area contributed by atoms with Gasteiger partial charge in [0.2, 0.25) is 0 Å². The number of likely N-dealkylation sites (tertiary alicyclic amines) is 1. The molecule has 1 aliphatic carbocycles. The summed E-state index contributed by atoms with van der Waals surface area (Å²) in [6.07, 6.45) is 7.03. The number of carbonyl (C=O) groups is 1. The number of hydrogen-bond donors (Lipinski definition) is 0. The second kappa shape index (κ2) is 8.13. The minimum absolute atomic E-state index is 0.0206. The Bertz CT molecular complexity index is 1060. The Morgan fingerprint density at radius 1 is 1.26 bits per heavy atom. The maximum atomic E-state index is 13.3. The van der Waals surface area contributed by atoms with Crippen LogP contribution >= 0.6 is 0 Å². The van der Waals surface area contributed by atoms with Crippen LogP contribution in [0.1, 0.15) is 48.3 Å². The highest BCUT2D eigenvalue weighted by molar-refractivity contribution is 5.94. The highest BCUT2D eigenvalue weighted by Gasteiger charge is 2.46. The van der Waals surface area contributed by atoms with Crippen molar-refractivity contribution >= 4 is 5.91 Å². The number of carbonyl (C=O) groups excluding carboxylic acids is 1. The molecule has 0 bridgehead atoms. The van der Waals surface area contributed by atoms with E-state index in [4.69, 9.17) is 14.2 Å². The summed E-state index contributed by atoms with van der Waals surface area (Å²) in [5.74, 6) is 2.51. The molecule has 7 nitrogen and oxygen atoms in total. The third-order valence-corrected chi connectivity index (χ3v) is 6.34. The van der Waals surface area contributed by atoms with Gasteiger partial charge in [-0.15, -0.1) is 0 Å². The molecular formula is C24H26N4O3. The summed E-state index contributed by atoms with van der Waals surface area (Å²) in [6, 6.07) is 13.0. The zero-order valence-corrected chi connectivity index (χ0v) is 17.7. The molecule has 2 fully saturated rings. The zero-order chi connectivity index (χ0) is 21.3. The lowest BCUT2D eigenvalue weighted by Crippen LogP contribution is -2.49. The number of ether oxygens (including phenoxy) is 1. The number of aromatic nitrogens is 3. The average molecular weight is 418 g/mol. The number of methoxy groups -OCH3 is 1. The van der Waals surface area contributed by atoms with Gasteiger partial charge in [-0.05, 0) is 55.5 Å². The SMILES string of the molecule is COc1cccc(C(=O)N2CCCC(CC3CC3)(c3noc(-c4ccccn4)n3)C2)c1. The molecule has 1 amide bonds. The highest BCUT2D eigenvalue weighted by atomic mass is 16.5. The number of piperidine rings is 1. The van der Waals surface area contributed by atoms with E-state index < -0.39 is 0 Å². The van der Waals surface area contributed by atoms with E-state index in [0.29, 0.717) is 41.2 Å². The monoisotopic (exact) mass is 418 g/mol. The van der Waals surface area contributed by atoms with Crippen LogP contribution in [0, 0.1) is 5.92 Å². The first-order valence-electron chi connectivity index (χ1n) is 10.9. The molecule has 0 radical (unpaired) electrons. The van der Waals surface area contributed by atoms with Crippen LogP contribution in [0.25, 0.3) is 11.6 Å². The molecule has 3 aromatic rings. The summed E-state index contributed by atoms with van der Waals surface area (Å²) in [7, 11) is 1.61. The van der Waals surface area contributed by atoms with Crippen LogP contribution in [0.3, 0.4) is 0 Å². The van der Waals surface area contributed by atoms with Crippen LogP contribution in [-0.4, -0.2) is 46.1 Å². The first kappa shape index (κ1) is 19.7. The van der Waals surface area contributed by atoms with E-state index in [2.05, 4.69) is 10.1 Å². The van der Waals surface area contributed by atoms with Gasteiger partial charge in [-0.2, -0.15) is 4.98 Å². The molecule has 0 spiro atoms. The van der Waals surface area contributed by atoms with Crippen LogP contribution in [-0.2, 0) is 5.41 Å². The van der Waals surface area contributed by atoms with E-state index in [-0.39, 0.29) is 11.3 Å².